The van der Waals surface area contributed by atoms with Gasteiger partial charge in [0.25, 0.3) is 0 Å². The predicted octanol–water partition coefficient (Wildman–Crippen LogP) is 3.79. The van der Waals surface area contributed by atoms with Gasteiger partial charge in [-0.2, -0.15) is 0 Å². The molecule has 0 bridgehead atoms. The average molecular weight is 327 g/mol. The van der Waals surface area contributed by atoms with Crippen LogP contribution in [0.4, 0.5) is 0 Å². The zero-order valence-electron chi connectivity index (χ0n) is 16.3. The van der Waals surface area contributed by atoms with Gasteiger partial charge in [0.15, 0.2) is 0 Å². The molecule has 3 heteroatoms. The Hall–Kier alpha value is -0.120. The van der Waals surface area contributed by atoms with Gasteiger partial charge in [0.2, 0.25) is 0 Å². The van der Waals surface area contributed by atoms with Crippen molar-refractivity contribution in [3.05, 3.63) is 0 Å². The second-order valence-electron chi connectivity index (χ2n) is 8.09. The Bertz CT molecular complexity index is 264. The average Bonchev–Trinajstić information content (AvgIpc) is 3.26. The number of quaternary nitrogens is 1. The standard InChI is InChI=1S/C20H44N3/c1-4-5-13-21-15-10-16-22-14-8-6-7-11-20(2)12-9-17-23(3)18-19-23/h20-22H,4-19H2,1-3H3/q+1/t20-/m0/s1. The summed E-state index contributed by atoms with van der Waals surface area (Å²) in [6.07, 6.45) is 12.4. The van der Waals surface area contributed by atoms with E-state index in [1.165, 1.54) is 108 Å². The summed E-state index contributed by atoms with van der Waals surface area (Å²) in [6.45, 7) is 13.7. The van der Waals surface area contributed by atoms with Crippen molar-refractivity contribution in [3.63, 3.8) is 0 Å². The molecule has 2 N–H and O–H groups in total. The summed E-state index contributed by atoms with van der Waals surface area (Å²) < 4.78 is 1.35. The quantitative estimate of drug-likeness (QED) is 0.241. The lowest BCUT2D eigenvalue weighted by Crippen LogP contribution is -2.23. The molecule has 0 spiro atoms. The molecular formula is C20H44N3+. The number of unbranched alkanes of at least 4 members (excludes halogenated alkanes) is 3. The Morgan fingerprint density at radius 1 is 0.783 bits per heavy atom. The van der Waals surface area contributed by atoms with E-state index in [4.69, 9.17) is 0 Å². The zero-order valence-corrected chi connectivity index (χ0v) is 16.3. The summed E-state index contributed by atoms with van der Waals surface area (Å²) in [4.78, 5) is 0. The minimum atomic E-state index is 0.934. The van der Waals surface area contributed by atoms with Crippen molar-refractivity contribution < 1.29 is 4.48 Å². The van der Waals surface area contributed by atoms with Gasteiger partial charge in [0.05, 0.1) is 13.6 Å². The van der Waals surface area contributed by atoms with E-state index in [1.807, 2.05) is 0 Å². The first-order chi connectivity index (χ1) is 11.2. The van der Waals surface area contributed by atoms with Crippen LogP contribution in [0.2, 0.25) is 0 Å². The van der Waals surface area contributed by atoms with Crippen LogP contribution >= 0.6 is 0 Å². The molecule has 1 saturated heterocycles. The van der Waals surface area contributed by atoms with Gasteiger partial charge in [-0.05, 0) is 64.2 Å². The van der Waals surface area contributed by atoms with Gasteiger partial charge in [-0.3, -0.25) is 0 Å². The van der Waals surface area contributed by atoms with Crippen molar-refractivity contribution in [2.75, 3.05) is 52.9 Å². The molecular weight excluding hydrogens is 282 g/mol. The molecule has 1 fully saturated rings. The summed E-state index contributed by atoms with van der Waals surface area (Å²) in [5.74, 6) is 0.934. The van der Waals surface area contributed by atoms with Crippen LogP contribution in [0.3, 0.4) is 0 Å². The first-order valence-corrected chi connectivity index (χ1v) is 10.4. The molecule has 3 nitrogen and oxygen atoms in total. The van der Waals surface area contributed by atoms with Crippen LogP contribution < -0.4 is 10.6 Å². The van der Waals surface area contributed by atoms with Crippen LogP contribution in [-0.2, 0) is 0 Å². The number of rotatable bonds is 17. The van der Waals surface area contributed by atoms with Crippen molar-refractivity contribution in [1.29, 1.82) is 0 Å². The van der Waals surface area contributed by atoms with Crippen LogP contribution in [0.15, 0.2) is 0 Å². The van der Waals surface area contributed by atoms with Crippen molar-refractivity contribution >= 4 is 0 Å². The van der Waals surface area contributed by atoms with Gasteiger partial charge in [0, 0.05) is 0 Å². The molecule has 1 atom stereocenters. The van der Waals surface area contributed by atoms with Gasteiger partial charge in [-0.1, -0.05) is 39.5 Å². The van der Waals surface area contributed by atoms with E-state index in [1.54, 1.807) is 0 Å². The molecule has 1 rings (SSSR count). The molecule has 0 amide bonds. The summed E-state index contributed by atoms with van der Waals surface area (Å²) in [6, 6.07) is 0. The van der Waals surface area contributed by atoms with Crippen molar-refractivity contribution in [2.24, 2.45) is 5.92 Å². The Labute approximate surface area is 146 Å². The first-order valence-electron chi connectivity index (χ1n) is 10.4. The molecule has 1 aliphatic rings. The monoisotopic (exact) mass is 326 g/mol. The van der Waals surface area contributed by atoms with E-state index in [-0.39, 0.29) is 0 Å². The Kier molecular flexibility index (Phi) is 12.0. The van der Waals surface area contributed by atoms with Crippen LogP contribution in [0.5, 0.6) is 0 Å². The lowest BCUT2D eigenvalue weighted by Gasteiger charge is -2.14. The lowest BCUT2D eigenvalue weighted by atomic mass is 9.98. The Morgan fingerprint density at radius 3 is 2.04 bits per heavy atom. The maximum atomic E-state index is 3.58. The van der Waals surface area contributed by atoms with Crippen molar-refractivity contribution in [2.45, 2.75) is 71.6 Å². The molecule has 23 heavy (non-hydrogen) atoms. The van der Waals surface area contributed by atoms with Crippen molar-refractivity contribution in [3.8, 4) is 0 Å². The molecule has 0 saturated carbocycles. The second kappa shape index (κ2) is 13.2. The van der Waals surface area contributed by atoms with E-state index in [2.05, 4.69) is 31.5 Å². The molecule has 0 radical (unpaired) electrons. The Morgan fingerprint density at radius 2 is 1.39 bits per heavy atom. The molecule has 138 valence electrons. The van der Waals surface area contributed by atoms with Gasteiger partial charge < -0.3 is 15.1 Å². The fraction of sp³-hybridized carbons (Fsp3) is 1.00. The van der Waals surface area contributed by atoms with Gasteiger partial charge >= 0.3 is 0 Å². The number of nitrogens with one attached hydrogen (secondary N) is 2. The fourth-order valence-electron chi connectivity index (χ4n) is 3.17. The highest BCUT2D eigenvalue weighted by atomic mass is 15.4. The third-order valence-electron chi connectivity index (χ3n) is 5.35. The third kappa shape index (κ3) is 12.9. The van der Waals surface area contributed by atoms with Crippen LogP contribution in [-0.4, -0.2) is 57.3 Å². The SMILES string of the molecule is CCCCNCCCNCCCCC[C@H](C)CCC[N+]1(C)CC1. The largest absolute Gasteiger partial charge is 0.317 e. The highest BCUT2D eigenvalue weighted by Crippen LogP contribution is 2.21. The molecule has 1 aliphatic heterocycles. The van der Waals surface area contributed by atoms with Crippen molar-refractivity contribution in [1.82, 2.24) is 10.6 Å². The van der Waals surface area contributed by atoms with Gasteiger partial charge in [0.1, 0.15) is 13.1 Å². The van der Waals surface area contributed by atoms with Gasteiger partial charge in [-0.15, -0.1) is 0 Å². The molecule has 1 heterocycles. The highest BCUT2D eigenvalue weighted by Gasteiger charge is 2.35. The fourth-order valence-corrected chi connectivity index (χ4v) is 3.17. The summed E-state index contributed by atoms with van der Waals surface area (Å²) in [5.41, 5.74) is 0. The topological polar surface area (TPSA) is 24.1 Å². The number of hydrogen-bond donors (Lipinski definition) is 2. The molecule has 0 aromatic carbocycles. The molecule has 0 aliphatic carbocycles. The molecule has 0 unspecified atom stereocenters. The minimum Gasteiger partial charge on any atom is -0.317 e. The maximum Gasteiger partial charge on any atom is 0.128 e. The lowest BCUT2D eigenvalue weighted by molar-refractivity contribution is -0.777. The normalized spacial score (nSPS) is 17.3. The number of nitrogens with zero attached hydrogens (tertiary/aromatic N) is 1. The molecule has 0 aromatic rings. The highest BCUT2D eigenvalue weighted by molar-refractivity contribution is 4.58. The summed E-state index contributed by atoms with van der Waals surface area (Å²) in [5, 5.41) is 7.08. The van der Waals surface area contributed by atoms with E-state index in [9.17, 15) is 0 Å². The predicted molar refractivity (Wildman–Crippen MR) is 103 cm³/mol. The van der Waals surface area contributed by atoms with E-state index in [0.29, 0.717) is 0 Å². The van der Waals surface area contributed by atoms with Crippen LogP contribution in [0.1, 0.15) is 71.6 Å². The van der Waals surface area contributed by atoms with E-state index >= 15 is 0 Å². The third-order valence-corrected chi connectivity index (χ3v) is 5.35. The van der Waals surface area contributed by atoms with E-state index in [0.717, 1.165) is 5.92 Å². The van der Waals surface area contributed by atoms with Crippen LogP contribution in [0, 0.1) is 5.92 Å². The minimum absolute atomic E-state index is 0.934. The summed E-state index contributed by atoms with van der Waals surface area (Å²) >= 11 is 0. The number of likely N-dealkylation sites (N-methyl/N-ethyl adjacent to an activating group) is 1. The molecule has 0 aromatic heterocycles. The smallest absolute Gasteiger partial charge is 0.128 e. The first kappa shape index (κ1) is 20.9. The Balaban J connectivity index is 1.72. The zero-order chi connectivity index (χ0) is 16.8. The number of hydrogen-bond acceptors (Lipinski definition) is 2. The van der Waals surface area contributed by atoms with Crippen LogP contribution in [0.25, 0.3) is 0 Å². The van der Waals surface area contributed by atoms with Gasteiger partial charge in [-0.25, -0.2) is 0 Å². The maximum absolute atomic E-state index is 3.58. The summed E-state index contributed by atoms with van der Waals surface area (Å²) in [7, 11) is 2.40. The second-order valence-corrected chi connectivity index (χ2v) is 8.09. The van der Waals surface area contributed by atoms with E-state index < -0.39 is 0 Å².